The van der Waals surface area contributed by atoms with Crippen LogP contribution in [-0.2, 0) is 60.6 Å². The highest BCUT2D eigenvalue weighted by Gasteiger charge is 2.64. The number of aryl methyl sites for hydroxylation is 1. The molecule has 17 nitrogen and oxygen atoms in total. The van der Waals surface area contributed by atoms with Gasteiger partial charge in [-0.05, 0) is 68.1 Å². The predicted molar refractivity (Wildman–Crippen MR) is 201 cm³/mol. The number of benzene rings is 1. The fourth-order valence-corrected chi connectivity index (χ4v) is 6.87. The topological polar surface area (TPSA) is 215 Å². The van der Waals surface area contributed by atoms with Gasteiger partial charge in [-0.2, -0.15) is 9.97 Å². The lowest BCUT2D eigenvalue weighted by Gasteiger charge is -2.38. The maximum Gasteiger partial charge on any atom is 0.350 e. The van der Waals surface area contributed by atoms with Crippen molar-refractivity contribution >= 4 is 52.5 Å². The molecule has 0 unspecified atom stereocenters. The Kier molecular flexibility index (Phi) is 12.6. The quantitative estimate of drug-likeness (QED) is 0.0596. The average Bonchev–Trinajstić information content (AvgIpc) is 3.69. The summed E-state index contributed by atoms with van der Waals surface area (Å²) in [5.74, 6) is -3.78. The summed E-state index contributed by atoms with van der Waals surface area (Å²) in [6.45, 7) is 12.4. The molecule has 56 heavy (non-hydrogen) atoms. The van der Waals surface area contributed by atoms with Crippen molar-refractivity contribution in [2.75, 3.05) is 25.6 Å². The van der Waals surface area contributed by atoms with E-state index in [1.807, 2.05) is 6.92 Å². The number of rotatable bonds is 15. The Morgan fingerprint density at radius 3 is 2.23 bits per heavy atom. The number of anilines is 1. The van der Waals surface area contributed by atoms with Crippen LogP contribution < -0.4 is 11.3 Å². The first-order valence-corrected chi connectivity index (χ1v) is 18.1. The zero-order valence-electron chi connectivity index (χ0n) is 31.8. The molecule has 0 spiro atoms. The molecule has 1 aliphatic rings. The number of aromatic nitrogens is 5. The molecule has 0 radical (unpaired) electrons. The van der Waals surface area contributed by atoms with Gasteiger partial charge >= 0.3 is 23.9 Å². The van der Waals surface area contributed by atoms with Gasteiger partial charge < -0.3 is 38.7 Å². The third kappa shape index (κ3) is 7.87. The number of fused-ring (bicyclic) bond motifs is 1. The summed E-state index contributed by atoms with van der Waals surface area (Å²) in [5, 5.41) is -0.214. The first-order valence-electron chi connectivity index (χ1n) is 17.7. The number of carbonyl (C=O) groups excluding carboxylic acids is 4. The van der Waals surface area contributed by atoms with E-state index in [0.717, 1.165) is 13.8 Å². The molecule has 18 heteroatoms. The number of pyridine rings is 1. The standard InChI is InChI=1S/C38H43ClN6O11/c1-8-44-17-11-12-26(32(44)48)25-15-13-24(14-16-25)18-37(34(49)51-9-2,35(50)52-10-3)53-19-27-38(21(4)5,56-23(7)47)29(54-22(6)46)33(55-27)45-20-41-28-30(40)42-36(39)43-31(28)45/h11-17,20,27,29,33H,4,8-10,18-19H2,1-3,5-7H3,(H2,40,42,43)/t27-,29+,33-,38-/m1/s1. The van der Waals surface area contributed by atoms with Crippen molar-refractivity contribution < 1.29 is 47.6 Å². The predicted octanol–water partition coefficient (Wildman–Crippen LogP) is 3.74. The molecule has 1 aromatic carbocycles. The van der Waals surface area contributed by atoms with E-state index in [9.17, 15) is 24.0 Å². The van der Waals surface area contributed by atoms with Crippen LogP contribution in [0.3, 0.4) is 0 Å². The zero-order chi connectivity index (χ0) is 40.9. The van der Waals surface area contributed by atoms with Gasteiger partial charge in [0.2, 0.25) is 10.9 Å². The van der Waals surface area contributed by atoms with E-state index in [2.05, 4.69) is 21.5 Å². The molecule has 1 aliphatic heterocycles. The van der Waals surface area contributed by atoms with Crippen LogP contribution in [0.25, 0.3) is 22.3 Å². The minimum Gasteiger partial charge on any atom is -0.463 e. The zero-order valence-corrected chi connectivity index (χ0v) is 32.5. The molecule has 4 aromatic rings. The second-order valence-corrected chi connectivity index (χ2v) is 13.2. The number of nitrogens with two attached hydrogens (primary N) is 1. The highest BCUT2D eigenvalue weighted by atomic mass is 35.5. The smallest absolute Gasteiger partial charge is 0.350 e. The van der Waals surface area contributed by atoms with E-state index in [1.165, 1.54) is 17.8 Å². The summed E-state index contributed by atoms with van der Waals surface area (Å²) in [6, 6.07) is 10.1. The monoisotopic (exact) mass is 794 g/mol. The second kappa shape index (κ2) is 17.0. The number of hydrogen-bond acceptors (Lipinski definition) is 15. The van der Waals surface area contributed by atoms with E-state index in [-0.39, 0.29) is 46.6 Å². The molecule has 4 heterocycles. The van der Waals surface area contributed by atoms with Crippen LogP contribution in [0.1, 0.15) is 53.3 Å². The Hall–Kier alpha value is -5.65. The van der Waals surface area contributed by atoms with E-state index < -0.39 is 66.5 Å². The molecular weight excluding hydrogens is 752 g/mol. The molecule has 0 bridgehead atoms. The Labute approximate surface area is 326 Å². The number of ether oxygens (including phenoxy) is 6. The molecule has 0 aliphatic carbocycles. The maximum absolute atomic E-state index is 14.0. The summed E-state index contributed by atoms with van der Waals surface area (Å²) in [4.78, 5) is 79.0. The van der Waals surface area contributed by atoms with Crippen LogP contribution in [-0.4, -0.2) is 91.2 Å². The van der Waals surface area contributed by atoms with Crippen LogP contribution in [0, 0.1) is 0 Å². The van der Waals surface area contributed by atoms with Gasteiger partial charge in [-0.25, -0.2) is 14.6 Å². The van der Waals surface area contributed by atoms with Gasteiger partial charge in [0.05, 0.1) is 26.1 Å². The molecule has 0 amide bonds. The molecule has 0 saturated carbocycles. The molecule has 3 aromatic heterocycles. The summed E-state index contributed by atoms with van der Waals surface area (Å²) in [6.07, 6.45) is -1.64. The first kappa shape index (κ1) is 41.5. The highest BCUT2D eigenvalue weighted by Crippen LogP contribution is 2.47. The van der Waals surface area contributed by atoms with Gasteiger partial charge in [-0.15, -0.1) is 0 Å². The molecular formula is C38H43ClN6O11. The summed E-state index contributed by atoms with van der Waals surface area (Å²) < 4.78 is 38.4. The van der Waals surface area contributed by atoms with Crippen LogP contribution >= 0.6 is 11.6 Å². The number of carbonyl (C=O) groups is 4. The summed E-state index contributed by atoms with van der Waals surface area (Å²) in [7, 11) is 0. The van der Waals surface area contributed by atoms with E-state index in [4.69, 9.17) is 45.8 Å². The van der Waals surface area contributed by atoms with Crippen LogP contribution in [0.15, 0.2) is 65.9 Å². The fraction of sp³-hybridized carbons (Fsp3) is 0.421. The van der Waals surface area contributed by atoms with Crippen LogP contribution in [0.2, 0.25) is 5.28 Å². The Bertz CT molecular complexity index is 2190. The Morgan fingerprint density at radius 1 is 1.00 bits per heavy atom. The van der Waals surface area contributed by atoms with Crippen molar-refractivity contribution in [2.45, 2.75) is 84.1 Å². The third-order valence-corrected chi connectivity index (χ3v) is 9.37. The fourth-order valence-electron chi connectivity index (χ4n) is 6.70. The Balaban J connectivity index is 1.61. The number of hydrogen-bond donors (Lipinski definition) is 1. The summed E-state index contributed by atoms with van der Waals surface area (Å²) >= 11 is 6.14. The van der Waals surface area contributed by atoms with Crippen molar-refractivity contribution in [3.05, 3.63) is 82.3 Å². The molecule has 5 rings (SSSR count). The van der Waals surface area contributed by atoms with Crippen LogP contribution in [0.4, 0.5) is 5.82 Å². The minimum absolute atomic E-state index is 0.0460. The molecule has 1 saturated heterocycles. The van der Waals surface area contributed by atoms with Gasteiger partial charge in [0.1, 0.15) is 11.6 Å². The van der Waals surface area contributed by atoms with Crippen molar-refractivity contribution in [1.29, 1.82) is 0 Å². The molecule has 4 atom stereocenters. The number of nitrogens with zero attached hydrogens (tertiary/aromatic N) is 5. The SMILES string of the molecule is C=C(C)[C@@]1(OC(C)=O)[C@@H](COC(Cc2ccc(-c3cccn(CC)c3=O)cc2)(C(=O)OCC)C(=O)OCC)O[C@@H](n2cnc3c(N)nc(Cl)nc32)[C@@H]1OC(C)=O. The van der Waals surface area contributed by atoms with Gasteiger partial charge in [0.15, 0.2) is 23.8 Å². The highest BCUT2D eigenvalue weighted by molar-refractivity contribution is 6.28. The van der Waals surface area contributed by atoms with Crippen molar-refractivity contribution in [3.8, 4) is 11.1 Å². The Morgan fingerprint density at radius 2 is 1.66 bits per heavy atom. The van der Waals surface area contributed by atoms with Crippen molar-refractivity contribution in [3.63, 3.8) is 0 Å². The maximum atomic E-state index is 14.0. The first-order chi connectivity index (χ1) is 26.6. The van der Waals surface area contributed by atoms with E-state index in [0.29, 0.717) is 23.2 Å². The number of imidazole rings is 1. The van der Waals surface area contributed by atoms with Gasteiger partial charge in [-0.3, -0.25) is 19.0 Å². The molecule has 298 valence electrons. The van der Waals surface area contributed by atoms with E-state index >= 15 is 0 Å². The summed E-state index contributed by atoms with van der Waals surface area (Å²) in [5.41, 5.74) is 3.33. The normalized spacial score (nSPS) is 19.4. The molecule has 1 fully saturated rings. The van der Waals surface area contributed by atoms with Gasteiger partial charge in [-0.1, -0.05) is 30.8 Å². The van der Waals surface area contributed by atoms with Crippen molar-refractivity contribution in [2.24, 2.45) is 0 Å². The van der Waals surface area contributed by atoms with Gasteiger partial charge in [0.25, 0.3) is 11.2 Å². The number of nitrogen functional groups attached to an aromatic ring is 1. The minimum atomic E-state index is -2.44. The largest absolute Gasteiger partial charge is 0.463 e. The van der Waals surface area contributed by atoms with Crippen molar-refractivity contribution in [1.82, 2.24) is 24.1 Å². The average molecular weight is 795 g/mol. The lowest BCUT2D eigenvalue weighted by atomic mass is 9.84. The third-order valence-electron chi connectivity index (χ3n) is 9.20. The van der Waals surface area contributed by atoms with E-state index in [1.54, 1.807) is 61.0 Å². The number of halogens is 1. The van der Waals surface area contributed by atoms with Crippen LogP contribution in [0.5, 0.6) is 0 Å². The molecule has 2 N–H and O–H groups in total. The second-order valence-electron chi connectivity index (χ2n) is 12.9. The lowest BCUT2D eigenvalue weighted by molar-refractivity contribution is -0.201. The lowest BCUT2D eigenvalue weighted by Crippen LogP contribution is -2.58. The van der Waals surface area contributed by atoms with Gasteiger partial charge in [0, 0.05) is 38.6 Å². The number of esters is 4.